The quantitative estimate of drug-likeness (QED) is 0.166. The van der Waals surface area contributed by atoms with Crippen molar-refractivity contribution in [3.05, 3.63) is 104 Å². The van der Waals surface area contributed by atoms with Gasteiger partial charge in [-0.25, -0.2) is 14.6 Å². The summed E-state index contributed by atoms with van der Waals surface area (Å²) in [6.45, 7) is 3.49. The van der Waals surface area contributed by atoms with Gasteiger partial charge in [0.05, 0.1) is 17.6 Å². The van der Waals surface area contributed by atoms with Crippen LogP contribution in [-0.2, 0) is 9.53 Å². The highest BCUT2D eigenvalue weighted by Crippen LogP contribution is 2.31. The molecule has 1 heterocycles. The average molecular weight is 472 g/mol. The lowest BCUT2D eigenvalue weighted by molar-refractivity contribution is -0.385. The number of methoxy groups -OCH3 is 1. The Morgan fingerprint density at radius 1 is 1.06 bits per heavy atom. The van der Waals surface area contributed by atoms with E-state index in [9.17, 15) is 19.7 Å². The summed E-state index contributed by atoms with van der Waals surface area (Å²) >= 11 is 0. The van der Waals surface area contributed by atoms with Gasteiger partial charge in [-0.15, -0.1) is 0 Å². The Morgan fingerprint density at radius 2 is 1.86 bits per heavy atom. The molecule has 176 valence electrons. The highest BCUT2D eigenvalue weighted by Gasteiger charge is 2.26. The molecule has 0 N–H and O–H groups in total. The Hall–Kier alpha value is -4.79. The van der Waals surface area contributed by atoms with Gasteiger partial charge < -0.3 is 14.2 Å². The molecule has 3 aromatic rings. The number of nitro groups is 1. The number of hydrogen-bond donors (Lipinski definition) is 0. The third-order valence-electron chi connectivity index (χ3n) is 5.22. The monoisotopic (exact) mass is 472 g/mol. The van der Waals surface area contributed by atoms with E-state index in [4.69, 9.17) is 14.2 Å². The Balaban J connectivity index is 1.59. The Morgan fingerprint density at radius 3 is 2.57 bits per heavy atom. The standard InChI is InChI=1S/C26H20N2O7/c1-15-5-4-6-19(11-15)25(29)34-22-10-8-17(13-23(22)33-3)12-20-26(30)35-24(27-20)18-9-7-16(2)21(14-18)28(31)32/h4-14H,1-3H3/b20-12-. The lowest BCUT2D eigenvalue weighted by atomic mass is 10.1. The maximum Gasteiger partial charge on any atom is 0.363 e. The van der Waals surface area contributed by atoms with Crippen LogP contribution in [0.25, 0.3) is 6.08 Å². The molecule has 0 atom stereocenters. The lowest BCUT2D eigenvalue weighted by Crippen LogP contribution is -2.09. The number of rotatable bonds is 6. The van der Waals surface area contributed by atoms with Gasteiger partial charge in [0.2, 0.25) is 5.90 Å². The number of benzene rings is 3. The first-order valence-electron chi connectivity index (χ1n) is 10.5. The van der Waals surface area contributed by atoms with Crippen molar-refractivity contribution in [1.82, 2.24) is 0 Å². The first-order valence-corrected chi connectivity index (χ1v) is 10.5. The fraction of sp³-hybridized carbons (Fsp3) is 0.115. The average Bonchev–Trinajstić information content (AvgIpc) is 3.20. The van der Waals surface area contributed by atoms with Crippen molar-refractivity contribution in [2.45, 2.75) is 13.8 Å². The number of cyclic esters (lactones) is 1. The van der Waals surface area contributed by atoms with Crippen LogP contribution < -0.4 is 9.47 Å². The number of aliphatic imine (C=N–C) groups is 1. The zero-order valence-corrected chi connectivity index (χ0v) is 19.1. The molecule has 0 radical (unpaired) electrons. The highest BCUT2D eigenvalue weighted by atomic mass is 16.6. The molecule has 0 amide bonds. The summed E-state index contributed by atoms with van der Waals surface area (Å²) in [5.41, 5.74) is 2.59. The van der Waals surface area contributed by atoms with E-state index in [0.29, 0.717) is 22.3 Å². The summed E-state index contributed by atoms with van der Waals surface area (Å²) in [6, 6.07) is 16.3. The van der Waals surface area contributed by atoms with E-state index in [1.165, 1.54) is 19.3 Å². The van der Waals surface area contributed by atoms with E-state index in [2.05, 4.69) is 4.99 Å². The summed E-state index contributed by atoms with van der Waals surface area (Å²) in [5.74, 6) is -0.757. The van der Waals surface area contributed by atoms with Crippen LogP contribution in [0.15, 0.2) is 71.4 Å². The third-order valence-corrected chi connectivity index (χ3v) is 5.22. The minimum Gasteiger partial charge on any atom is -0.493 e. The number of carbonyl (C=O) groups excluding carboxylic acids is 2. The van der Waals surface area contributed by atoms with Gasteiger partial charge in [-0.2, -0.15) is 0 Å². The van der Waals surface area contributed by atoms with Gasteiger partial charge in [0.25, 0.3) is 5.69 Å². The number of carbonyl (C=O) groups is 2. The summed E-state index contributed by atoms with van der Waals surface area (Å²) in [6.07, 6.45) is 1.48. The molecule has 0 aliphatic carbocycles. The molecular formula is C26H20N2O7. The molecule has 1 aliphatic rings. The van der Waals surface area contributed by atoms with Crippen LogP contribution in [0.5, 0.6) is 11.5 Å². The van der Waals surface area contributed by atoms with Crippen molar-refractivity contribution >= 4 is 29.6 Å². The third kappa shape index (κ3) is 5.09. The zero-order chi connectivity index (χ0) is 25.1. The second-order valence-corrected chi connectivity index (χ2v) is 7.76. The molecule has 35 heavy (non-hydrogen) atoms. The van der Waals surface area contributed by atoms with Gasteiger partial charge >= 0.3 is 11.9 Å². The van der Waals surface area contributed by atoms with Crippen LogP contribution in [-0.4, -0.2) is 29.9 Å². The van der Waals surface area contributed by atoms with Crippen molar-refractivity contribution < 1.29 is 28.7 Å². The SMILES string of the molecule is COc1cc(/C=C2\N=C(c3ccc(C)c([N+](=O)[O-])c3)OC2=O)ccc1OC(=O)c1cccc(C)c1. The van der Waals surface area contributed by atoms with Crippen LogP contribution in [0.2, 0.25) is 0 Å². The molecule has 9 nitrogen and oxygen atoms in total. The van der Waals surface area contributed by atoms with Crippen molar-refractivity contribution in [2.75, 3.05) is 7.11 Å². The fourth-order valence-electron chi connectivity index (χ4n) is 3.42. The van der Waals surface area contributed by atoms with Crippen LogP contribution in [0.1, 0.15) is 32.6 Å². The molecule has 0 fully saturated rings. The summed E-state index contributed by atoms with van der Waals surface area (Å²) in [7, 11) is 1.43. The first-order chi connectivity index (χ1) is 16.7. The van der Waals surface area contributed by atoms with Gasteiger partial charge in [0.15, 0.2) is 17.2 Å². The van der Waals surface area contributed by atoms with Gasteiger partial charge in [0.1, 0.15) is 0 Å². The highest BCUT2D eigenvalue weighted by molar-refractivity contribution is 6.13. The molecule has 3 aromatic carbocycles. The molecule has 0 saturated heterocycles. The summed E-state index contributed by atoms with van der Waals surface area (Å²) in [4.78, 5) is 39.7. The minimum absolute atomic E-state index is 0.00906. The maximum absolute atomic E-state index is 12.5. The van der Waals surface area contributed by atoms with Crippen LogP contribution >= 0.6 is 0 Å². The molecular weight excluding hydrogens is 452 g/mol. The number of nitrogens with zero attached hydrogens (tertiary/aromatic N) is 2. The van der Waals surface area contributed by atoms with E-state index in [-0.39, 0.29) is 28.8 Å². The van der Waals surface area contributed by atoms with Crippen molar-refractivity contribution in [3.63, 3.8) is 0 Å². The number of nitro benzene ring substituents is 1. The van der Waals surface area contributed by atoms with Crippen LogP contribution in [0.4, 0.5) is 5.69 Å². The van der Waals surface area contributed by atoms with Crippen LogP contribution in [0.3, 0.4) is 0 Å². The Bertz CT molecular complexity index is 1420. The Labute approximate surface area is 200 Å². The molecule has 9 heteroatoms. The van der Waals surface area contributed by atoms with Gasteiger partial charge in [0, 0.05) is 17.2 Å². The van der Waals surface area contributed by atoms with Crippen molar-refractivity contribution in [3.8, 4) is 11.5 Å². The predicted molar refractivity (Wildman–Crippen MR) is 128 cm³/mol. The Kier molecular flexibility index (Phi) is 6.41. The molecule has 0 saturated carbocycles. The molecule has 0 unspecified atom stereocenters. The largest absolute Gasteiger partial charge is 0.493 e. The summed E-state index contributed by atoms with van der Waals surface area (Å²) in [5, 5.41) is 11.2. The lowest BCUT2D eigenvalue weighted by Gasteiger charge is -2.10. The second-order valence-electron chi connectivity index (χ2n) is 7.76. The van der Waals surface area contributed by atoms with Crippen molar-refractivity contribution in [2.24, 2.45) is 4.99 Å². The van der Waals surface area contributed by atoms with Gasteiger partial charge in [-0.05, 0) is 55.8 Å². The fourth-order valence-corrected chi connectivity index (χ4v) is 3.42. The number of hydrogen-bond acceptors (Lipinski definition) is 8. The zero-order valence-electron chi connectivity index (χ0n) is 19.1. The molecule has 1 aliphatic heterocycles. The molecule has 0 spiro atoms. The summed E-state index contributed by atoms with van der Waals surface area (Å²) < 4.78 is 16.1. The first kappa shape index (κ1) is 23.4. The predicted octanol–water partition coefficient (Wildman–Crippen LogP) is 4.78. The minimum atomic E-state index is -0.697. The van der Waals surface area contributed by atoms with Crippen LogP contribution in [0, 0.1) is 24.0 Å². The van der Waals surface area contributed by atoms with Gasteiger partial charge in [-0.3, -0.25) is 10.1 Å². The van der Waals surface area contributed by atoms with E-state index < -0.39 is 16.9 Å². The molecule has 4 rings (SSSR count). The van der Waals surface area contributed by atoms with Crippen molar-refractivity contribution in [1.29, 1.82) is 0 Å². The molecule has 0 aromatic heterocycles. The smallest absolute Gasteiger partial charge is 0.363 e. The van der Waals surface area contributed by atoms with E-state index in [1.807, 2.05) is 13.0 Å². The normalized spacial score (nSPS) is 13.9. The number of aryl methyl sites for hydroxylation is 2. The van der Waals surface area contributed by atoms with Gasteiger partial charge in [-0.1, -0.05) is 29.8 Å². The number of ether oxygens (including phenoxy) is 3. The topological polar surface area (TPSA) is 117 Å². The maximum atomic E-state index is 12.5. The van der Waals surface area contributed by atoms with E-state index >= 15 is 0 Å². The van der Waals surface area contributed by atoms with E-state index in [0.717, 1.165) is 5.56 Å². The molecule has 0 bridgehead atoms. The second kappa shape index (κ2) is 9.60. The number of esters is 2. The van der Waals surface area contributed by atoms with E-state index in [1.54, 1.807) is 55.5 Å².